The summed E-state index contributed by atoms with van der Waals surface area (Å²) in [7, 11) is 0. The van der Waals surface area contributed by atoms with Crippen molar-refractivity contribution in [3.05, 3.63) is 53.7 Å². The SMILES string of the molecule is O=C(Nc1ccc(F)c(F)c1F)C1CC(=O)N(Cc2ccco2)C1. The number of carbonyl (C=O) groups is 2. The number of nitrogens with zero attached hydrogens (tertiary/aromatic N) is 1. The zero-order valence-corrected chi connectivity index (χ0v) is 12.4. The van der Waals surface area contributed by atoms with Crippen molar-refractivity contribution in [1.29, 1.82) is 0 Å². The number of carbonyl (C=O) groups excluding carboxylic acids is 2. The van der Waals surface area contributed by atoms with E-state index in [0.717, 1.165) is 12.1 Å². The fraction of sp³-hybridized carbons (Fsp3) is 0.250. The largest absolute Gasteiger partial charge is 0.467 e. The molecule has 5 nitrogen and oxygen atoms in total. The molecule has 1 fully saturated rings. The molecule has 1 aromatic heterocycles. The van der Waals surface area contributed by atoms with Gasteiger partial charge in [0.15, 0.2) is 17.5 Å². The number of benzene rings is 1. The van der Waals surface area contributed by atoms with E-state index in [1.807, 2.05) is 0 Å². The van der Waals surface area contributed by atoms with Crippen LogP contribution in [0.15, 0.2) is 34.9 Å². The van der Waals surface area contributed by atoms with Gasteiger partial charge in [-0.05, 0) is 24.3 Å². The van der Waals surface area contributed by atoms with E-state index >= 15 is 0 Å². The molecule has 1 unspecified atom stereocenters. The molecule has 1 aliphatic heterocycles. The number of hydrogen-bond acceptors (Lipinski definition) is 3. The van der Waals surface area contributed by atoms with Crippen molar-refractivity contribution in [3.63, 3.8) is 0 Å². The maximum Gasteiger partial charge on any atom is 0.229 e. The molecule has 0 bridgehead atoms. The first kappa shape index (κ1) is 16.1. The van der Waals surface area contributed by atoms with Gasteiger partial charge in [-0.15, -0.1) is 0 Å². The molecule has 2 amide bonds. The van der Waals surface area contributed by atoms with Gasteiger partial charge in [0.1, 0.15) is 5.76 Å². The number of furan rings is 1. The molecule has 1 N–H and O–H groups in total. The number of anilines is 1. The average molecular weight is 338 g/mol. The smallest absolute Gasteiger partial charge is 0.229 e. The Kier molecular flexibility index (Phi) is 4.28. The summed E-state index contributed by atoms with van der Waals surface area (Å²) in [4.78, 5) is 25.6. The summed E-state index contributed by atoms with van der Waals surface area (Å²) in [5.74, 6) is -5.47. The van der Waals surface area contributed by atoms with Crippen molar-refractivity contribution in [2.75, 3.05) is 11.9 Å². The Balaban J connectivity index is 1.66. The molecule has 1 saturated heterocycles. The van der Waals surface area contributed by atoms with E-state index in [-0.39, 0.29) is 25.4 Å². The molecule has 1 atom stereocenters. The third-order valence-corrected chi connectivity index (χ3v) is 3.81. The highest BCUT2D eigenvalue weighted by atomic mass is 19.2. The van der Waals surface area contributed by atoms with Crippen LogP contribution in [0.5, 0.6) is 0 Å². The average Bonchev–Trinajstić information content (AvgIpc) is 3.19. The highest BCUT2D eigenvalue weighted by Crippen LogP contribution is 2.24. The third-order valence-electron chi connectivity index (χ3n) is 3.81. The first-order valence-corrected chi connectivity index (χ1v) is 7.20. The van der Waals surface area contributed by atoms with Crippen LogP contribution < -0.4 is 5.32 Å². The molecular weight excluding hydrogens is 325 g/mol. The van der Waals surface area contributed by atoms with Crippen LogP contribution in [0.2, 0.25) is 0 Å². The molecule has 1 aliphatic rings. The second-order valence-electron chi connectivity index (χ2n) is 5.47. The second kappa shape index (κ2) is 6.38. The van der Waals surface area contributed by atoms with Gasteiger partial charge in [0.25, 0.3) is 0 Å². The van der Waals surface area contributed by atoms with Gasteiger partial charge in [-0.1, -0.05) is 0 Å². The Morgan fingerprint density at radius 2 is 2.04 bits per heavy atom. The van der Waals surface area contributed by atoms with Gasteiger partial charge in [-0.3, -0.25) is 9.59 Å². The maximum absolute atomic E-state index is 13.6. The monoisotopic (exact) mass is 338 g/mol. The minimum Gasteiger partial charge on any atom is -0.467 e. The van der Waals surface area contributed by atoms with Gasteiger partial charge >= 0.3 is 0 Å². The predicted octanol–water partition coefficient (Wildman–Crippen LogP) is 2.68. The van der Waals surface area contributed by atoms with Crippen LogP contribution in [0, 0.1) is 23.4 Å². The number of likely N-dealkylation sites (tertiary alicyclic amines) is 1. The minimum absolute atomic E-state index is 0.0438. The summed E-state index contributed by atoms with van der Waals surface area (Å²) in [5.41, 5.74) is -0.462. The van der Waals surface area contributed by atoms with Crippen LogP contribution in [0.1, 0.15) is 12.2 Å². The summed E-state index contributed by atoms with van der Waals surface area (Å²) in [6, 6.07) is 5.04. The number of amides is 2. The van der Waals surface area contributed by atoms with Gasteiger partial charge in [-0.25, -0.2) is 13.2 Å². The van der Waals surface area contributed by atoms with Gasteiger partial charge < -0.3 is 14.6 Å². The molecule has 8 heteroatoms. The lowest BCUT2D eigenvalue weighted by Crippen LogP contribution is -2.28. The summed E-state index contributed by atoms with van der Waals surface area (Å²) in [6.45, 7) is 0.367. The Morgan fingerprint density at radius 1 is 1.25 bits per heavy atom. The first-order chi connectivity index (χ1) is 11.5. The lowest BCUT2D eigenvalue weighted by Gasteiger charge is -2.15. The summed E-state index contributed by atoms with van der Waals surface area (Å²) < 4.78 is 44.8. The van der Waals surface area contributed by atoms with E-state index < -0.39 is 35.0 Å². The highest BCUT2D eigenvalue weighted by molar-refractivity contribution is 5.97. The number of nitrogens with one attached hydrogen (secondary N) is 1. The number of hydrogen-bond donors (Lipinski definition) is 1. The predicted molar refractivity (Wildman–Crippen MR) is 77.2 cm³/mol. The van der Waals surface area contributed by atoms with Crippen molar-refractivity contribution in [2.24, 2.45) is 5.92 Å². The van der Waals surface area contributed by atoms with E-state index in [9.17, 15) is 22.8 Å². The highest BCUT2D eigenvalue weighted by Gasteiger charge is 2.35. The Labute approximate surface area is 135 Å². The zero-order chi connectivity index (χ0) is 17.3. The van der Waals surface area contributed by atoms with Crippen LogP contribution in [0.25, 0.3) is 0 Å². The quantitative estimate of drug-likeness (QED) is 0.872. The molecule has 1 aromatic carbocycles. The van der Waals surface area contributed by atoms with Crippen LogP contribution in [-0.4, -0.2) is 23.3 Å². The third kappa shape index (κ3) is 3.12. The topological polar surface area (TPSA) is 62.6 Å². The molecule has 0 radical (unpaired) electrons. The van der Waals surface area contributed by atoms with E-state index in [4.69, 9.17) is 4.42 Å². The molecule has 3 rings (SSSR count). The van der Waals surface area contributed by atoms with E-state index in [1.165, 1.54) is 11.2 Å². The molecule has 24 heavy (non-hydrogen) atoms. The van der Waals surface area contributed by atoms with Gasteiger partial charge in [0.05, 0.1) is 24.4 Å². The van der Waals surface area contributed by atoms with E-state index in [0.29, 0.717) is 5.76 Å². The normalized spacial score (nSPS) is 17.4. The standard InChI is InChI=1S/C16H13F3N2O3/c17-11-3-4-12(15(19)14(11)18)20-16(23)9-6-13(22)21(7-9)8-10-2-1-5-24-10/h1-5,9H,6-8H2,(H,20,23). The molecule has 0 spiro atoms. The van der Waals surface area contributed by atoms with Crippen molar-refractivity contribution < 1.29 is 27.2 Å². The Bertz CT molecular complexity index is 777. The number of rotatable bonds is 4. The zero-order valence-electron chi connectivity index (χ0n) is 12.4. The molecule has 0 saturated carbocycles. The molecule has 2 aromatic rings. The van der Waals surface area contributed by atoms with Gasteiger partial charge in [0.2, 0.25) is 11.8 Å². The van der Waals surface area contributed by atoms with Crippen molar-refractivity contribution in [2.45, 2.75) is 13.0 Å². The fourth-order valence-corrected chi connectivity index (χ4v) is 2.55. The molecule has 0 aliphatic carbocycles. The van der Waals surface area contributed by atoms with Crippen LogP contribution in [0.3, 0.4) is 0 Å². The molecule has 2 heterocycles. The van der Waals surface area contributed by atoms with Crippen LogP contribution in [0.4, 0.5) is 18.9 Å². The Hall–Kier alpha value is -2.77. The van der Waals surface area contributed by atoms with Gasteiger partial charge in [0, 0.05) is 13.0 Å². The van der Waals surface area contributed by atoms with E-state index in [2.05, 4.69) is 5.32 Å². The van der Waals surface area contributed by atoms with Crippen LogP contribution in [-0.2, 0) is 16.1 Å². The summed E-state index contributed by atoms with van der Waals surface area (Å²) in [5, 5.41) is 2.20. The summed E-state index contributed by atoms with van der Waals surface area (Å²) >= 11 is 0. The minimum atomic E-state index is -1.66. The molecular formula is C16H13F3N2O3. The number of halogens is 3. The van der Waals surface area contributed by atoms with Crippen LogP contribution >= 0.6 is 0 Å². The lowest BCUT2D eigenvalue weighted by atomic mass is 10.1. The maximum atomic E-state index is 13.6. The van der Waals surface area contributed by atoms with Crippen molar-refractivity contribution >= 4 is 17.5 Å². The first-order valence-electron chi connectivity index (χ1n) is 7.20. The Morgan fingerprint density at radius 3 is 2.75 bits per heavy atom. The van der Waals surface area contributed by atoms with Crippen molar-refractivity contribution in [3.8, 4) is 0 Å². The van der Waals surface area contributed by atoms with E-state index in [1.54, 1.807) is 12.1 Å². The fourth-order valence-electron chi connectivity index (χ4n) is 2.55. The molecule has 126 valence electrons. The van der Waals surface area contributed by atoms with Gasteiger partial charge in [-0.2, -0.15) is 0 Å². The van der Waals surface area contributed by atoms with Crippen molar-refractivity contribution in [1.82, 2.24) is 4.90 Å². The second-order valence-corrected chi connectivity index (χ2v) is 5.47. The lowest BCUT2D eigenvalue weighted by molar-refractivity contribution is -0.128. The summed E-state index contributed by atoms with van der Waals surface area (Å²) in [6.07, 6.45) is 1.43.